The van der Waals surface area contributed by atoms with Gasteiger partial charge in [-0.1, -0.05) is 70.9 Å². The minimum absolute atomic E-state index is 0.179. The van der Waals surface area contributed by atoms with Crippen molar-refractivity contribution in [3.63, 3.8) is 0 Å². The molecule has 0 heterocycles. The van der Waals surface area contributed by atoms with E-state index >= 15 is 0 Å². The highest BCUT2D eigenvalue weighted by molar-refractivity contribution is 7.09. The molecule has 0 spiro atoms. The quantitative estimate of drug-likeness (QED) is 0.323. The Morgan fingerprint density at radius 3 is 1.95 bits per heavy atom. The Morgan fingerprint density at radius 1 is 1.05 bits per heavy atom. The second-order valence-corrected chi connectivity index (χ2v) is 10.7. The van der Waals surface area contributed by atoms with E-state index in [4.69, 9.17) is 22.7 Å². The van der Waals surface area contributed by atoms with Crippen LogP contribution in [0.3, 0.4) is 0 Å². The lowest BCUT2D eigenvalue weighted by molar-refractivity contribution is 0.203. The van der Waals surface area contributed by atoms with Gasteiger partial charge in [-0.05, 0) is 28.9 Å². The molecule has 3 heteroatoms. The predicted molar refractivity (Wildman–Crippen MR) is 95.6 cm³/mol. The molecule has 0 radical (unpaired) electrons. The van der Waals surface area contributed by atoms with Crippen molar-refractivity contribution < 1.29 is 0 Å². The van der Waals surface area contributed by atoms with Crippen LogP contribution in [0.25, 0.3) is 0 Å². The summed E-state index contributed by atoms with van der Waals surface area (Å²) in [4.78, 5) is 0. The van der Waals surface area contributed by atoms with Crippen molar-refractivity contribution in [2.75, 3.05) is 5.50 Å². The van der Waals surface area contributed by atoms with Crippen molar-refractivity contribution in [2.24, 2.45) is 11.8 Å². The van der Waals surface area contributed by atoms with Gasteiger partial charge in [-0.25, -0.2) is 0 Å². The van der Waals surface area contributed by atoms with Crippen LogP contribution in [0.15, 0.2) is 30.3 Å². The number of rotatable bonds is 8. The number of hydrogen-bond donors (Lipinski definition) is 0. The summed E-state index contributed by atoms with van der Waals surface area (Å²) in [5.41, 5.74) is 2.29. The Hall–Kier alpha value is 0.0169. The highest BCUT2D eigenvalue weighted by Crippen LogP contribution is 2.47. The molecule has 0 N–H and O–H groups in total. The average molecular weight is 331 g/mol. The van der Waals surface area contributed by atoms with Crippen LogP contribution in [0.1, 0.15) is 46.1 Å². The average Bonchev–Trinajstić information content (AvgIpc) is 2.51. The van der Waals surface area contributed by atoms with Gasteiger partial charge in [0.05, 0.1) is 0 Å². The summed E-state index contributed by atoms with van der Waals surface area (Å²) in [6, 6.07) is 12.1. The minimum Gasteiger partial charge on any atom is -0.170 e. The van der Waals surface area contributed by atoms with E-state index in [1.807, 2.05) is 0 Å². The van der Waals surface area contributed by atoms with Crippen LogP contribution in [-0.4, -0.2) is 13.6 Å². The predicted octanol–water partition coefficient (Wildman–Crippen LogP) is 5.76. The fraction of sp³-hybridized carbons (Fsp3) is 0.647. The Bertz CT molecular complexity index is 370. The van der Waals surface area contributed by atoms with Crippen LogP contribution in [0.2, 0.25) is 6.04 Å². The van der Waals surface area contributed by atoms with Gasteiger partial charge in [0.1, 0.15) is 0 Å². The molecule has 0 bridgehead atoms. The first-order valence-corrected chi connectivity index (χ1v) is 11.7. The van der Waals surface area contributed by atoms with Crippen molar-refractivity contribution in [2.45, 2.75) is 52.0 Å². The van der Waals surface area contributed by atoms with Crippen LogP contribution in [0.5, 0.6) is 0 Å². The molecule has 0 saturated carbocycles. The molecule has 1 rings (SSSR count). The first kappa shape index (κ1) is 18.1. The first-order chi connectivity index (χ1) is 9.52. The molecule has 0 saturated heterocycles. The molecule has 0 amide bonds. The normalized spacial score (nSPS) is 19.1. The van der Waals surface area contributed by atoms with Crippen molar-refractivity contribution >= 4 is 30.8 Å². The van der Waals surface area contributed by atoms with Crippen LogP contribution in [0.4, 0.5) is 0 Å². The molecule has 114 valence electrons. The summed E-state index contributed by atoms with van der Waals surface area (Å²) in [7, 11) is -1.38. The summed E-state index contributed by atoms with van der Waals surface area (Å²) in [5, 5.41) is 0. The Balaban J connectivity index is 3.33. The SMILES string of the molecule is CCC(C)C(C[SiH](Cl)CCl)(c1ccccc1)C(C)CC. The first-order valence-electron chi connectivity index (χ1n) is 7.78. The molecule has 1 aromatic rings. The van der Waals surface area contributed by atoms with Gasteiger partial charge in [0.25, 0.3) is 0 Å². The summed E-state index contributed by atoms with van der Waals surface area (Å²) >= 11 is 12.7. The zero-order valence-electron chi connectivity index (χ0n) is 13.2. The minimum atomic E-state index is -1.38. The zero-order valence-corrected chi connectivity index (χ0v) is 15.9. The number of benzene rings is 1. The summed E-state index contributed by atoms with van der Waals surface area (Å²) in [5.74, 6) is 1.24. The summed E-state index contributed by atoms with van der Waals surface area (Å²) in [6.45, 7) is 9.34. The lowest BCUT2D eigenvalue weighted by atomic mass is 9.63. The van der Waals surface area contributed by atoms with E-state index in [1.165, 1.54) is 18.4 Å². The Kier molecular flexibility index (Phi) is 7.64. The molecule has 3 atom stereocenters. The molecule has 3 unspecified atom stereocenters. The van der Waals surface area contributed by atoms with Crippen molar-refractivity contribution in [1.29, 1.82) is 0 Å². The third-order valence-electron chi connectivity index (χ3n) is 5.02. The van der Waals surface area contributed by atoms with Crippen LogP contribution in [0, 0.1) is 11.8 Å². The third kappa shape index (κ3) is 3.81. The van der Waals surface area contributed by atoms with Gasteiger partial charge in [-0.2, -0.15) is 11.1 Å². The highest BCUT2D eigenvalue weighted by Gasteiger charge is 2.42. The largest absolute Gasteiger partial charge is 0.170 e. The maximum Gasteiger partial charge on any atom is 0.156 e. The smallest absolute Gasteiger partial charge is 0.156 e. The second kappa shape index (κ2) is 8.46. The zero-order chi connectivity index (χ0) is 15.2. The maximum atomic E-state index is 6.61. The van der Waals surface area contributed by atoms with E-state index < -0.39 is 8.11 Å². The van der Waals surface area contributed by atoms with E-state index in [-0.39, 0.29) is 5.41 Å². The highest BCUT2D eigenvalue weighted by atomic mass is 35.6. The summed E-state index contributed by atoms with van der Waals surface area (Å²) < 4.78 is 0. The van der Waals surface area contributed by atoms with Crippen molar-refractivity contribution in [1.82, 2.24) is 0 Å². The standard InChI is InChI=1S/C17H28Cl2Si/c1-5-14(3)17(15(4)6-2,12-20(19)13-18)16-10-8-7-9-11-16/h7-11,14-15,20H,5-6,12-13H2,1-4H3. The molecular weight excluding hydrogens is 303 g/mol. The summed E-state index contributed by atoms with van der Waals surface area (Å²) in [6.07, 6.45) is 2.36. The second-order valence-electron chi connectivity index (χ2n) is 5.98. The molecule has 20 heavy (non-hydrogen) atoms. The molecule has 0 aliphatic carbocycles. The molecule has 0 nitrogen and oxygen atoms in total. The van der Waals surface area contributed by atoms with Gasteiger partial charge in [-0.3, -0.25) is 0 Å². The molecule has 0 fully saturated rings. The fourth-order valence-corrected chi connectivity index (χ4v) is 6.45. The fourth-order valence-electron chi connectivity index (χ4n) is 3.47. The molecule has 0 aliphatic heterocycles. The van der Waals surface area contributed by atoms with E-state index in [0.717, 1.165) is 6.04 Å². The molecular formula is C17H28Cl2Si. The molecule has 0 aromatic heterocycles. The van der Waals surface area contributed by atoms with E-state index in [2.05, 4.69) is 58.0 Å². The van der Waals surface area contributed by atoms with Gasteiger partial charge in [0.15, 0.2) is 8.11 Å². The van der Waals surface area contributed by atoms with Crippen molar-refractivity contribution in [3.8, 4) is 0 Å². The Labute approximate surface area is 136 Å². The van der Waals surface area contributed by atoms with Gasteiger partial charge >= 0.3 is 0 Å². The number of alkyl halides is 1. The van der Waals surface area contributed by atoms with Gasteiger partial charge in [0.2, 0.25) is 0 Å². The Morgan fingerprint density at radius 2 is 1.55 bits per heavy atom. The maximum absolute atomic E-state index is 6.61. The van der Waals surface area contributed by atoms with Gasteiger partial charge in [-0.15, -0.1) is 11.6 Å². The number of halogens is 2. The lowest BCUT2D eigenvalue weighted by Gasteiger charge is -2.45. The van der Waals surface area contributed by atoms with Crippen LogP contribution in [-0.2, 0) is 5.41 Å². The van der Waals surface area contributed by atoms with Gasteiger partial charge in [0, 0.05) is 5.50 Å². The van der Waals surface area contributed by atoms with Crippen LogP contribution < -0.4 is 0 Å². The van der Waals surface area contributed by atoms with E-state index in [0.29, 0.717) is 17.3 Å². The lowest BCUT2D eigenvalue weighted by Crippen LogP contribution is -2.42. The van der Waals surface area contributed by atoms with E-state index in [1.54, 1.807) is 0 Å². The van der Waals surface area contributed by atoms with E-state index in [9.17, 15) is 0 Å². The monoisotopic (exact) mass is 330 g/mol. The molecule has 0 aliphatic rings. The topological polar surface area (TPSA) is 0 Å². The number of hydrogen-bond acceptors (Lipinski definition) is 0. The third-order valence-corrected chi connectivity index (χ3v) is 8.99. The molecule has 1 aromatic carbocycles. The van der Waals surface area contributed by atoms with Gasteiger partial charge < -0.3 is 0 Å². The van der Waals surface area contributed by atoms with Crippen LogP contribution >= 0.6 is 22.7 Å². The van der Waals surface area contributed by atoms with Crippen molar-refractivity contribution in [3.05, 3.63) is 35.9 Å².